The lowest BCUT2D eigenvalue weighted by atomic mass is 9.97. The minimum Gasteiger partial charge on any atom is -0.487 e. The van der Waals surface area contributed by atoms with Crippen LogP contribution in [-0.4, -0.2) is 13.8 Å². The zero-order chi connectivity index (χ0) is 19.9. The van der Waals surface area contributed by atoms with Crippen molar-refractivity contribution in [2.24, 2.45) is 0 Å². The van der Waals surface area contributed by atoms with Gasteiger partial charge in [0.15, 0.2) is 0 Å². The fraction of sp³-hybridized carbons (Fsp3) is 0.174. The number of nitrogens with one attached hydrogen (secondary N) is 1. The van der Waals surface area contributed by atoms with Crippen molar-refractivity contribution in [3.8, 4) is 5.75 Å². The molecule has 0 aliphatic carbocycles. The summed E-state index contributed by atoms with van der Waals surface area (Å²) in [6.07, 6.45) is 2.21. The number of benzene rings is 3. The average molecular weight is 372 g/mol. The Morgan fingerprint density at radius 3 is 2.43 bits per heavy atom. The fourth-order valence-electron chi connectivity index (χ4n) is 3.13. The van der Waals surface area contributed by atoms with Crippen LogP contribution in [-0.2, 0) is 13.0 Å². The van der Waals surface area contributed by atoms with Crippen LogP contribution in [0.1, 0.15) is 27.0 Å². The molecule has 4 nitrogen and oxygen atoms in total. The lowest BCUT2D eigenvalue weighted by Gasteiger charge is -2.14. The van der Waals surface area contributed by atoms with E-state index in [2.05, 4.69) is 37.4 Å². The molecule has 0 heterocycles. The number of anilines is 2. The molecule has 3 N–H and O–H groups in total. The van der Waals surface area contributed by atoms with Gasteiger partial charge in [-0.05, 0) is 48.2 Å². The van der Waals surface area contributed by atoms with Gasteiger partial charge < -0.3 is 15.8 Å². The number of amides is 1. The predicted octanol–water partition coefficient (Wildman–Crippen LogP) is 4.00. The van der Waals surface area contributed by atoms with Crippen LogP contribution in [0.4, 0.5) is 11.4 Å². The maximum absolute atomic E-state index is 12.7. The van der Waals surface area contributed by atoms with E-state index in [1.807, 2.05) is 43.3 Å². The maximum Gasteiger partial charge on any atom is 0.258 e. The number of hydrogen-bond acceptors (Lipinski definition) is 3. The second kappa shape index (κ2) is 9.13. The van der Waals surface area contributed by atoms with Gasteiger partial charge in [0.2, 0.25) is 0 Å². The first-order valence-corrected chi connectivity index (χ1v) is 9.54. The summed E-state index contributed by atoms with van der Waals surface area (Å²) in [5.41, 5.74) is 10.8. The topological polar surface area (TPSA) is 64.3 Å². The molecule has 1 amide bonds. The molecule has 0 aliphatic rings. The van der Waals surface area contributed by atoms with Crippen LogP contribution < -0.4 is 15.8 Å². The molecule has 0 saturated carbocycles. The highest BCUT2D eigenvalue weighted by Gasteiger charge is 2.14. The van der Waals surface area contributed by atoms with Gasteiger partial charge in [-0.1, -0.05) is 54.9 Å². The molecular weight excluding hydrogens is 347 g/mol. The van der Waals surface area contributed by atoms with Gasteiger partial charge in [0.1, 0.15) is 20.2 Å². The van der Waals surface area contributed by atoms with Crippen LogP contribution in [0.3, 0.4) is 0 Å². The van der Waals surface area contributed by atoms with Gasteiger partial charge in [-0.15, -0.1) is 0 Å². The number of para-hydroxylation sites is 2. The first-order chi connectivity index (χ1) is 13.6. The summed E-state index contributed by atoms with van der Waals surface area (Å²) in [5, 5.41) is 2.93. The van der Waals surface area contributed by atoms with Crippen LogP contribution in [0, 0.1) is 6.92 Å². The predicted molar refractivity (Wildman–Crippen MR) is 118 cm³/mol. The summed E-state index contributed by atoms with van der Waals surface area (Å²) in [6, 6.07) is 21.3. The normalized spacial score (nSPS) is 10.5. The van der Waals surface area contributed by atoms with E-state index in [-0.39, 0.29) is 5.91 Å². The summed E-state index contributed by atoms with van der Waals surface area (Å²) in [5.74, 6) is 0.385. The van der Waals surface area contributed by atoms with Crippen molar-refractivity contribution in [3.63, 3.8) is 0 Å². The zero-order valence-corrected chi connectivity index (χ0v) is 16.4. The standard InChI is InChI=1S/C23H25BN2O2/c1-16-5-4-6-19(25)22(16)23(27)26-20-7-2-3-8-21(20)28-15-18-11-9-17(10-12-18)13-14-24/h2-12H,13-15,24-25H2,1H3,(H,26,27). The van der Waals surface area contributed by atoms with Crippen LogP contribution in [0.5, 0.6) is 5.75 Å². The molecule has 0 unspecified atom stereocenters. The number of ether oxygens (including phenoxy) is 1. The average Bonchev–Trinajstić information content (AvgIpc) is 2.68. The largest absolute Gasteiger partial charge is 0.487 e. The van der Waals surface area contributed by atoms with Gasteiger partial charge in [-0.25, -0.2) is 0 Å². The second-order valence-electron chi connectivity index (χ2n) is 6.84. The molecule has 3 rings (SSSR count). The molecule has 3 aromatic carbocycles. The van der Waals surface area contributed by atoms with E-state index < -0.39 is 0 Å². The third-order valence-corrected chi connectivity index (χ3v) is 4.62. The molecule has 0 bridgehead atoms. The van der Waals surface area contributed by atoms with Crippen molar-refractivity contribution in [3.05, 3.63) is 89.0 Å². The Morgan fingerprint density at radius 1 is 1.00 bits per heavy atom. The maximum atomic E-state index is 12.7. The highest BCUT2D eigenvalue weighted by Crippen LogP contribution is 2.27. The number of rotatable bonds is 7. The van der Waals surface area contributed by atoms with E-state index in [4.69, 9.17) is 10.5 Å². The first-order valence-electron chi connectivity index (χ1n) is 9.54. The Labute approximate surface area is 167 Å². The summed E-state index contributed by atoms with van der Waals surface area (Å²) < 4.78 is 5.97. The number of nitrogen functional groups attached to an aromatic ring is 1. The van der Waals surface area contributed by atoms with E-state index in [0.717, 1.165) is 23.9 Å². The van der Waals surface area contributed by atoms with Gasteiger partial charge in [0.05, 0.1) is 11.3 Å². The summed E-state index contributed by atoms with van der Waals surface area (Å²) in [6.45, 7) is 2.31. The lowest BCUT2D eigenvalue weighted by Crippen LogP contribution is -2.16. The van der Waals surface area contributed by atoms with Crippen molar-refractivity contribution in [1.82, 2.24) is 0 Å². The zero-order valence-electron chi connectivity index (χ0n) is 16.4. The molecule has 0 radical (unpaired) electrons. The van der Waals surface area contributed by atoms with Crippen molar-refractivity contribution >= 4 is 25.1 Å². The Hall–Kier alpha value is -3.21. The minimum absolute atomic E-state index is 0.240. The van der Waals surface area contributed by atoms with Gasteiger partial charge in [0.25, 0.3) is 5.91 Å². The highest BCUT2D eigenvalue weighted by molar-refractivity contribution is 6.09. The third-order valence-electron chi connectivity index (χ3n) is 4.62. The summed E-state index contributed by atoms with van der Waals surface area (Å²) in [7, 11) is 2.17. The van der Waals surface area contributed by atoms with Crippen molar-refractivity contribution in [1.29, 1.82) is 0 Å². The van der Waals surface area contributed by atoms with Crippen molar-refractivity contribution < 1.29 is 9.53 Å². The van der Waals surface area contributed by atoms with Crippen LogP contribution in [0.15, 0.2) is 66.7 Å². The molecule has 0 aliphatic heterocycles. The van der Waals surface area contributed by atoms with Gasteiger partial charge in [-0.3, -0.25) is 4.79 Å². The SMILES string of the molecule is BCCc1ccc(COc2ccccc2NC(=O)c2c(C)cccc2N)cc1. The van der Waals surface area contributed by atoms with Crippen LogP contribution in [0.25, 0.3) is 0 Å². The first kappa shape index (κ1) is 19.6. The molecule has 5 heteroatoms. The summed E-state index contributed by atoms with van der Waals surface area (Å²) in [4.78, 5) is 12.7. The number of nitrogens with two attached hydrogens (primary N) is 1. The Bertz CT molecular complexity index is 935. The number of aryl methyl sites for hydroxylation is 2. The molecule has 0 aromatic heterocycles. The Morgan fingerprint density at radius 2 is 1.71 bits per heavy atom. The van der Waals surface area contributed by atoms with E-state index in [0.29, 0.717) is 29.3 Å². The second-order valence-corrected chi connectivity index (χ2v) is 6.84. The van der Waals surface area contributed by atoms with Crippen molar-refractivity contribution in [2.45, 2.75) is 26.3 Å². The quantitative estimate of drug-likeness (QED) is 0.487. The molecule has 28 heavy (non-hydrogen) atoms. The Balaban J connectivity index is 1.71. The Kier molecular flexibility index (Phi) is 6.38. The van der Waals surface area contributed by atoms with Gasteiger partial charge >= 0.3 is 0 Å². The summed E-state index contributed by atoms with van der Waals surface area (Å²) >= 11 is 0. The number of carbonyl (C=O) groups excluding carboxylic acids is 1. The highest BCUT2D eigenvalue weighted by atomic mass is 16.5. The van der Waals surface area contributed by atoms with Crippen molar-refractivity contribution in [2.75, 3.05) is 11.1 Å². The van der Waals surface area contributed by atoms with E-state index >= 15 is 0 Å². The molecule has 0 spiro atoms. The monoisotopic (exact) mass is 372 g/mol. The van der Waals surface area contributed by atoms with Gasteiger partial charge in [0, 0.05) is 5.69 Å². The number of hydrogen-bond donors (Lipinski definition) is 2. The molecule has 0 fully saturated rings. The fourth-order valence-corrected chi connectivity index (χ4v) is 3.13. The molecule has 0 saturated heterocycles. The third kappa shape index (κ3) is 4.74. The smallest absolute Gasteiger partial charge is 0.258 e. The number of carbonyl (C=O) groups is 1. The minimum atomic E-state index is -0.240. The van der Waals surface area contributed by atoms with Crippen LogP contribution in [0.2, 0.25) is 6.32 Å². The van der Waals surface area contributed by atoms with Crippen LogP contribution >= 0.6 is 0 Å². The molecule has 3 aromatic rings. The molecular formula is C23H25BN2O2. The van der Waals surface area contributed by atoms with E-state index in [9.17, 15) is 4.79 Å². The molecule has 0 atom stereocenters. The van der Waals surface area contributed by atoms with E-state index in [1.165, 1.54) is 5.56 Å². The molecule has 142 valence electrons. The van der Waals surface area contributed by atoms with E-state index in [1.54, 1.807) is 6.07 Å². The lowest BCUT2D eigenvalue weighted by molar-refractivity contribution is 0.102. The van der Waals surface area contributed by atoms with Gasteiger partial charge in [-0.2, -0.15) is 0 Å².